The normalized spacial score (nSPS) is 11.1. The van der Waals surface area contributed by atoms with Crippen molar-refractivity contribution < 1.29 is 14.4 Å². The van der Waals surface area contributed by atoms with E-state index in [0.29, 0.717) is 12.1 Å². The molecule has 0 atom stereocenters. The van der Waals surface area contributed by atoms with Gasteiger partial charge in [0.15, 0.2) is 0 Å². The van der Waals surface area contributed by atoms with E-state index in [9.17, 15) is 4.79 Å². The molecule has 102 valence electrons. The summed E-state index contributed by atoms with van der Waals surface area (Å²) in [4.78, 5) is 10.9. The zero-order chi connectivity index (χ0) is 14.3. The first kappa shape index (κ1) is 12.3. The molecular weight excluding hydrogens is 260 g/mol. The van der Waals surface area contributed by atoms with Crippen molar-refractivity contribution in [2.45, 2.75) is 20.4 Å². The van der Waals surface area contributed by atoms with Gasteiger partial charge < -0.3 is 9.63 Å². The molecule has 2 aromatic heterocycles. The Bertz CT molecular complexity index is 784. The van der Waals surface area contributed by atoms with Gasteiger partial charge in [-0.2, -0.15) is 0 Å². The zero-order valence-corrected chi connectivity index (χ0v) is 11.0. The number of aryl methyl sites for hydroxylation is 2. The lowest BCUT2D eigenvalue weighted by atomic mass is 10.2. The van der Waals surface area contributed by atoms with Crippen molar-refractivity contribution >= 4 is 17.0 Å². The van der Waals surface area contributed by atoms with Crippen LogP contribution in [0.3, 0.4) is 0 Å². The van der Waals surface area contributed by atoms with Gasteiger partial charge >= 0.3 is 5.97 Å². The van der Waals surface area contributed by atoms with Crippen LogP contribution in [0, 0.1) is 13.8 Å². The van der Waals surface area contributed by atoms with E-state index in [1.54, 1.807) is 10.7 Å². The molecule has 0 aliphatic rings. The number of carboxylic acids is 1. The number of nitrogens with zero attached hydrogens (tertiary/aromatic N) is 4. The second-order valence-corrected chi connectivity index (χ2v) is 4.56. The van der Waals surface area contributed by atoms with Crippen LogP contribution in [0.2, 0.25) is 0 Å². The number of rotatable bonds is 3. The van der Waals surface area contributed by atoms with E-state index in [1.807, 2.05) is 13.8 Å². The first-order valence-electron chi connectivity index (χ1n) is 6.04. The van der Waals surface area contributed by atoms with E-state index in [0.717, 1.165) is 22.5 Å². The van der Waals surface area contributed by atoms with Gasteiger partial charge in [0.2, 0.25) is 0 Å². The molecule has 0 radical (unpaired) electrons. The van der Waals surface area contributed by atoms with Crippen LogP contribution in [-0.2, 0) is 6.54 Å². The van der Waals surface area contributed by atoms with Crippen molar-refractivity contribution in [2.24, 2.45) is 0 Å². The predicted molar refractivity (Wildman–Crippen MR) is 69.6 cm³/mol. The first-order chi connectivity index (χ1) is 9.56. The molecule has 7 nitrogen and oxygen atoms in total. The molecule has 2 heterocycles. The molecule has 0 aliphatic carbocycles. The molecule has 7 heteroatoms. The quantitative estimate of drug-likeness (QED) is 0.781. The lowest BCUT2D eigenvalue weighted by Crippen LogP contribution is -2.03. The summed E-state index contributed by atoms with van der Waals surface area (Å²) in [7, 11) is 0. The maximum atomic E-state index is 10.9. The molecule has 0 saturated carbocycles. The average Bonchev–Trinajstić information content (AvgIpc) is 2.97. The third-order valence-corrected chi connectivity index (χ3v) is 3.25. The van der Waals surface area contributed by atoms with Crippen molar-refractivity contribution in [3.8, 4) is 0 Å². The van der Waals surface area contributed by atoms with Gasteiger partial charge in [0.05, 0.1) is 23.3 Å². The first-order valence-corrected chi connectivity index (χ1v) is 6.04. The summed E-state index contributed by atoms with van der Waals surface area (Å²) >= 11 is 0. The van der Waals surface area contributed by atoms with Crippen LogP contribution in [0.5, 0.6) is 0 Å². The van der Waals surface area contributed by atoms with Crippen LogP contribution in [0.4, 0.5) is 0 Å². The van der Waals surface area contributed by atoms with Crippen molar-refractivity contribution in [1.82, 2.24) is 20.2 Å². The maximum absolute atomic E-state index is 10.9. The molecule has 1 N–H and O–H groups in total. The number of hydrogen-bond acceptors (Lipinski definition) is 5. The van der Waals surface area contributed by atoms with E-state index in [4.69, 9.17) is 9.63 Å². The fraction of sp³-hybridized carbons (Fsp3) is 0.231. The van der Waals surface area contributed by atoms with Gasteiger partial charge in [0, 0.05) is 5.56 Å². The molecule has 0 aliphatic heterocycles. The Kier molecular flexibility index (Phi) is 2.74. The highest BCUT2D eigenvalue weighted by molar-refractivity contribution is 5.92. The molecular formula is C13H12N4O3. The van der Waals surface area contributed by atoms with E-state index in [2.05, 4.69) is 15.5 Å². The second-order valence-electron chi connectivity index (χ2n) is 4.56. The topological polar surface area (TPSA) is 94.0 Å². The standard InChI is InChI=1S/C13H12N4O3/c1-7-10(8(2)20-15-7)6-17-12-4-3-9(13(18)19)5-11(12)14-16-17/h3-5H,6H2,1-2H3,(H,18,19). The summed E-state index contributed by atoms with van der Waals surface area (Å²) in [5, 5.41) is 20.9. The summed E-state index contributed by atoms with van der Waals surface area (Å²) in [5.41, 5.74) is 3.29. The number of benzene rings is 1. The molecule has 0 fully saturated rings. The summed E-state index contributed by atoms with van der Waals surface area (Å²) in [6, 6.07) is 4.75. The molecule has 3 aromatic rings. The van der Waals surface area contributed by atoms with E-state index in [-0.39, 0.29) is 5.56 Å². The molecule has 0 spiro atoms. The van der Waals surface area contributed by atoms with Crippen LogP contribution in [-0.4, -0.2) is 31.2 Å². The second kappa shape index (κ2) is 4.44. The lowest BCUT2D eigenvalue weighted by molar-refractivity contribution is 0.0697. The van der Waals surface area contributed by atoms with Gasteiger partial charge in [-0.05, 0) is 32.0 Å². The van der Waals surface area contributed by atoms with Gasteiger partial charge in [-0.3, -0.25) is 0 Å². The van der Waals surface area contributed by atoms with Crippen molar-refractivity contribution in [3.05, 3.63) is 40.8 Å². The predicted octanol–water partition coefficient (Wildman–Crippen LogP) is 1.78. The van der Waals surface area contributed by atoms with Crippen LogP contribution in [0.25, 0.3) is 11.0 Å². The van der Waals surface area contributed by atoms with Gasteiger partial charge in [0.25, 0.3) is 0 Å². The Morgan fingerprint density at radius 1 is 1.40 bits per heavy atom. The third kappa shape index (κ3) is 1.93. The lowest BCUT2D eigenvalue weighted by Gasteiger charge is -2.02. The van der Waals surface area contributed by atoms with Gasteiger partial charge in [-0.15, -0.1) is 5.10 Å². The smallest absolute Gasteiger partial charge is 0.335 e. The van der Waals surface area contributed by atoms with E-state index in [1.165, 1.54) is 12.1 Å². The number of aromatic nitrogens is 4. The van der Waals surface area contributed by atoms with Crippen molar-refractivity contribution in [1.29, 1.82) is 0 Å². The minimum atomic E-state index is -0.979. The molecule has 0 saturated heterocycles. The Morgan fingerprint density at radius 2 is 2.20 bits per heavy atom. The Hall–Kier alpha value is -2.70. The summed E-state index contributed by atoms with van der Waals surface area (Å²) in [6.45, 7) is 4.20. The van der Waals surface area contributed by atoms with Gasteiger partial charge in [-0.25, -0.2) is 9.48 Å². The van der Waals surface area contributed by atoms with E-state index >= 15 is 0 Å². The zero-order valence-electron chi connectivity index (χ0n) is 11.0. The summed E-state index contributed by atoms with van der Waals surface area (Å²) in [6.07, 6.45) is 0. The monoisotopic (exact) mass is 272 g/mol. The van der Waals surface area contributed by atoms with Crippen molar-refractivity contribution in [2.75, 3.05) is 0 Å². The van der Waals surface area contributed by atoms with E-state index < -0.39 is 5.97 Å². The van der Waals surface area contributed by atoms with Crippen molar-refractivity contribution in [3.63, 3.8) is 0 Å². The highest BCUT2D eigenvalue weighted by Gasteiger charge is 2.13. The largest absolute Gasteiger partial charge is 0.478 e. The number of fused-ring (bicyclic) bond motifs is 1. The van der Waals surface area contributed by atoms with Crippen LogP contribution in [0.1, 0.15) is 27.4 Å². The van der Waals surface area contributed by atoms with Crippen LogP contribution < -0.4 is 0 Å². The Balaban J connectivity index is 2.03. The van der Waals surface area contributed by atoms with Crippen LogP contribution >= 0.6 is 0 Å². The number of carbonyl (C=O) groups is 1. The van der Waals surface area contributed by atoms with Crippen LogP contribution in [0.15, 0.2) is 22.7 Å². The molecule has 0 amide bonds. The summed E-state index contributed by atoms with van der Waals surface area (Å²) in [5.74, 6) is -0.236. The van der Waals surface area contributed by atoms with Gasteiger partial charge in [0.1, 0.15) is 11.3 Å². The minimum absolute atomic E-state index is 0.196. The molecule has 1 aromatic carbocycles. The third-order valence-electron chi connectivity index (χ3n) is 3.25. The Labute approximate surface area is 113 Å². The van der Waals surface area contributed by atoms with Gasteiger partial charge in [-0.1, -0.05) is 10.4 Å². The highest BCUT2D eigenvalue weighted by atomic mass is 16.5. The fourth-order valence-corrected chi connectivity index (χ4v) is 2.10. The summed E-state index contributed by atoms with van der Waals surface area (Å²) < 4.78 is 6.82. The number of hydrogen-bond donors (Lipinski definition) is 1. The highest BCUT2D eigenvalue weighted by Crippen LogP contribution is 2.18. The fourth-order valence-electron chi connectivity index (χ4n) is 2.10. The minimum Gasteiger partial charge on any atom is -0.478 e. The molecule has 0 bridgehead atoms. The Morgan fingerprint density at radius 3 is 2.85 bits per heavy atom. The molecule has 20 heavy (non-hydrogen) atoms. The molecule has 3 rings (SSSR count). The number of carboxylic acid groups (broad SMARTS) is 1. The average molecular weight is 272 g/mol. The number of aromatic carboxylic acids is 1. The molecule has 0 unspecified atom stereocenters. The SMILES string of the molecule is Cc1noc(C)c1Cn1nnc2cc(C(=O)O)ccc21. The maximum Gasteiger partial charge on any atom is 0.335 e.